The molecule has 0 atom stereocenters. The number of aliphatic hydroxyl groups excluding tert-OH is 1. The molecule has 1 aromatic carbocycles. The lowest BCUT2D eigenvalue weighted by atomic mass is 10.0. The van der Waals surface area contributed by atoms with E-state index in [0.717, 1.165) is 5.75 Å². The van der Waals surface area contributed by atoms with E-state index in [0.29, 0.717) is 5.92 Å². The van der Waals surface area contributed by atoms with Crippen molar-refractivity contribution in [1.29, 1.82) is 0 Å². The highest BCUT2D eigenvalue weighted by atomic mass is 32.2. The third-order valence-corrected chi connectivity index (χ3v) is 4.26. The first-order valence-corrected chi connectivity index (χ1v) is 7.10. The first-order valence-electron chi connectivity index (χ1n) is 6.29. The minimum atomic E-state index is -0.159. The summed E-state index contributed by atoms with van der Waals surface area (Å²) in [6, 6.07) is 4.28. The van der Waals surface area contributed by atoms with Gasteiger partial charge < -0.3 is 9.84 Å². The van der Waals surface area contributed by atoms with Crippen LogP contribution < -0.4 is 4.74 Å². The van der Waals surface area contributed by atoms with Gasteiger partial charge >= 0.3 is 0 Å². The molecule has 2 nitrogen and oxygen atoms in total. The van der Waals surface area contributed by atoms with Crippen LogP contribution in [-0.4, -0.2) is 23.6 Å². The predicted molar refractivity (Wildman–Crippen MR) is 78.8 cm³/mol. The number of hydrogen-bond donors (Lipinski definition) is 1. The largest absolute Gasteiger partial charge is 0.496 e. The standard InChI is InChI=1S/C15H24O2S/c1-10(2)12-8-14(18-15(4,5)9-16)11(3)7-13(12)17-6/h7-8,10,16H,9H2,1-6H3. The van der Waals surface area contributed by atoms with Crippen molar-refractivity contribution in [3.8, 4) is 5.75 Å². The summed E-state index contributed by atoms with van der Waals surface area (Å²) in [5.41, 5.74) is 2.42. The molecule has 1 N–H and O–H groups in total. The molecule has 1 rings (SSSR count). The summed E-state index contributed by atoms with van der Waals surface area (Å²) >= 11 is 1.72. The van der Waals surface area contributed by atoms with Crippen molar-refractivity contribution >= 4 is 11.8 Å². The Bertz CT molecular complexity index is 411. The summed E-state index contributed by atoms with van der Waals surface area (Å²) in [5, 5.41) is 9.38. The highest BCUT2D eigenvalue weighted by molar-refractivity contribution is 8.00. The summed E-state index contributed by atoms with van der Waals surface area (Å²) in [7, 11) is 1.71. The lowest BCUT2D eigenvalue weighted by Gasteiger charge is -2.23. The van der Waals surface area contributed by atoms with Crippen LogP contribution in [0, 0.1) is 6.92 Å². The second-order valence-corrected chi connectivity index (χ2v) is 7.28. The Hall–Kier alpha value is -0.670. The molecule has 0 aliphatic heterocycles. The Labute approximate surface area is 115 Å². The minimum Gasteiger partial charge on any atom is -0.496 e. The van der Waals surface area contributed by atoms with Crippen molar-refractivity contribution in [3.63, 3.8) is 0 Å². The van der Waals surface area contributed by atoms with E-state index in [2.05, 4.69) is 46.8 Å². The minimum absolute atomic E-state index is 0.159. The fourth-order valence-corrected chi connectivity index (χ4v) is 2.81. The van der Waals surface area contributed by atoms with E-state index in [9.17, 15) is 5.11 Å². The van der Waals surface area contributed by atoms with E-state index in [-0.39, 0.29) is 11.4 Å². The molecule has 0 spiro atoms. The molecule has 0 aliphatic rings. The van der Waals surface area contributed by atoms with Crippen LogP contribution in [0.1, 0.15) is 44.7 Å². The first kappa shape index (κ1) is 15.4. The highest BCUT2D eigenvalue weighted by Gasteiger charge is 2.21. The third kappa shape index (κ3) is 3.66. The number of ether oxygens (including phenoxy) is 1. The molecule has 0 aliphatic carbocycles. The molecule has 0 saturated carbocycles. The molecule has 0 heterocycles. The van der Waals surface area contributed by atoms with Crippen LogP contribution in [0.5, 0.6) is 5.75 Å². The fourth-order valence-electron chi connectivity index (χ4n) is 1.75. The van der Waals surface area contributed by atoms with Gasteiger partial charge in [-0.2, -0.15) is 0 Å². The predicted octanol–water partition coefficient (Wildman–Crippen LogP) is 3.99. The Morgan fingerprint density at radius 3 is 2.39 bits per heavy atom. The lowest BCUT2D eigenvalue weighted by Crippen LogP contribution is -2.19. The number of hydrogen-bond acceptors (Lipinski definition) is 3. The maximum absolute atomic E-state index is 9.38. The second-order valence-electron chi connectivity index (χ2n) is 5.53. The fraction of sp³-hybridized carbons (Fsp3) is 0.600. The Kier molecular flexibility index (Phi) is 5.11. The van der Waals surface area contributed by atoms with Crippen molar-refractivity contribution in [2.75, 3.05) is 13.7 Å². The zero-order chi connectivity index (χ0) is 13.9. The Morgan fingerprint density at radius 1 is 1.33 bits per heavy atom. The molecule has 0 fully saturated rings. The van der Waals surface area contributed by atoms with Crippen LogP contribution in [0.2, 0.25) is 0 Å². The van der Waals surface area contributed by atoms with E-state index in [1.165, 1.54) is 16.0 Å². The third-order valence-electron chi connectivity index (χ3n) is 2.92. The van der Waals surface area contributed by atoms with Gasteiger partial charge in [0, 0.05) is 9.64 Å². The van der Waals surface area contributed by atoms with Crippen LogP contribution in [-0.2, 0) is 0 Å². The normalized spacial score (nSPS) is 12.0. The zero-order valence-corrected chi connectivity index (χ0v) is 13.0. The van der Waals surface area contributed by atoms with Gasteiger partial charge in [0.05, 0.1) is 13.7 Å². The highest BCUT2D eigenvalue weighted by Crippen LogP contribution is 2.39. The van der Waals surface area contributed by atoms with E-state index >= 15 is 0 Å². The molecular formula is C15H24O2S. The van der Waals surface area contributed by atoms with Crippen molar-refractivity contribution in [2.45, 2.75) is 50.2 Å². The van der Waals surface area contributed by atoms with Crippen LogP contribution >= 0.6 is 11.8 Å². The number of methoxy groups -OCH3 is 1. The van der Waals surface area contributed by atoms with Crippen molar-refractivity contribution in [2.24, 2.45) is 0 Å². The van der Waals surface area contributed by atoms with Crippen LogP contribution in [0.3, 0.4) is 0 Å². The van der Waals surface area contributed by atoms with Crippen LogP contribution in [0.4, 0.5) is 0 Å². The molecule has 0 radical (unpaired) electrons. The van der Waals surface area contributed by atoms with Gasteiger partial charge in [0.2, 0.25) is 0 Å². The molecule has 0 amide bonds. The number of thioether (sulfide) groups is 1. The first-order chi connectivity index (χ1) is 8.30. The maximum atomic E-state index is 9.38. The van der Waals surface area contributed by atoms with E-state index < -0.39 is 0 Å². The SMILES string of the molecule is COc1cc(C)c(SC(C)(C)CO)cc1C(C)C. The lowest BCUT2D eigenvalue weighted by molar-refractivity contribution is 0.265. The van der Waals surface area contributed by atoms with Gasteiger partial charge in [-0.05, 0) is 49.9 Å². The topological polar surface area (TPSA) is 29.5 Å². The van der Waals surface area contributed by atoms with E-state index in [4.69, 9.17) is 4.74 Å². The number of aliphatic hydroxyl groups is 1. The quantitative estimate of drug-likeness (QED) is 0.819. The average molecular weight is 268 g/mol. The summed E-state index contributed by atoms with van der Waals surface area (Å²) in [6.07, 6.45) is 0. The molecule has 0 unspecified atom stereocenters. The molecule has 102 valence electrons. The number of aryl methyl sites for hydroxylation is 1. The summed E-state index contributed by atoms with van der Waals surface area (Å²) in [4.78, 5) is 1.22. The summed E-state index contributed by atoms with van der Waals surface area (Å²) in [5.74, 6) is 1.38. The van der Waals surface area contributed by atoms with Gasteiger partial charge in [-0.25, -0.2) is 0 Å². The Morgan fingerprint density at radius 2 is 1.94 bits per heavy atom. The van der Waals surface area contributed by atoms with Crippen LogP contribution in [0.25, 0.3) is 0 Å². The van der Waals surface area contributed by atoms with Gasteiger partial charge in [0.25, 0.3) is 0 Å². The second kappa shape index (κ2) is 5.98. The molecule has 18 heavy (non-hydrogen) atoms. The summed E-state index contributed by atoms with van der Waals surface area (Å²) < 4.78 is 5.28. The molecule has 0 aromatic heterocycles. The molecule has 0 saturated heterocycles. The molecular weight excluding hydrogens is 244 g/mol. The number of benzene rings is 1. The summed E-state index contributed by atoms with van der Waals surface area (Å²) in [6.45, 7) is 10.7. The molecule has 3 heteroatoms. The maximum Gasteiger partial charge on any atom is 0.122 e. The van der Waals surface area contributed by atoms with Gasteiger partial charge in [0.15, 0.2) is 0 Å². The van der Waals surface area contributed by atoms with Gasteiger partial charge in [0.1, 0.15) is 5.75 Å². The Balaban J connectivity index is 3.17. The molecule has 1 aromatic rings. The molecule has 0 bridgehead atoms. The number of rotatable bonds is 5. The smallest absolute Gasteiger partial charge is 0.122 e. The van der Waals surface area contributed by atoms with Crippen LogP contribution in [0.15, 0.2) is 17.0 Å². The van der Waals surface area contributed by atoms with Crippen molar-refractivity contribution in [1.82, 2.24) is 0 Å². The average Bonchev–Trinajstić information content (AvgIpc) is 2.30. The van der Waals surface area contributed by atoms with Gasteiger partial charge in [-0.1, -0.05) is 13.8 Å². The van der Waals surface area contributed by atoms with E-state index in [1.807, 2.05) is 0 Å². The van der Waals surface area contributed by atoms with Gasteiger partial charge in [-0.3, -0.25) is 0 Å². The van der Waals surface area contributed by atoms with E-state index in [1.54, 1.807) is 18.9 Å². The van der Waals surface area contributed by atoms with Crippen molar-refractivity contribution < 1.29 is 9.84 Å². The van der Waals surface area contributed by atoms with Gasteiger partial charge in [-0.15, -0.1) is 11.8 Å². The zero-order valence-electron chi connectivity index (χ0n) is 12.2. The van der Waals surface area contributed by atoms with Crippen molar-refractivity contribution in [3.05, 3.63) is 23.3 Å². The monoisotopic (exact) mass is 268 g/mol.